The number of carbonyl (C=O) groups is 1. The fourth-order valence-corrected chi connectivity index (χ4v) is 6.95. The fraction of sp³-hybridized carbons (Fsp3) is 0.333. The van der Waals surface area contributed by atoms with Crippen LogP contribution in [0.4, 0.5) is 5.82 Å². The molecule has 2 aliphatic rings. The van der Waals surface area contributed by atoms with Crippen molar-refractivity contribution in [2.45, 2.75) is 53.1 Å². The maximum Gasteiger partial charge on any atom is 0.270 e. The molecule has 0 spiro atoms. The van der Waals surface area contributed by atoms with Gasteiger partial charge in [-0.2, -0.15) is 5.26 Å². The molecule has 5 rings (SSSR count). The topological polar surface area (TPSA) is 69.3 Å². The first-order valence-electron chi connectivity index (χ1n) is 14.1. The van der Waals surface area contributed by atoms with Crippen LogP contribution in [-0.2, 0) is 24.3 Å². The van der Waals surface area contributed by atoms with Gasteiger partial charge in [0, 0.05) is 25.2 Å². The SMILES string of the molecule is CCn1c(N2CCC(Cc3ccccc3)CC2)c(/C=C2/SC(=S)N(Cc3ccc(C)cc3)C2=O)c(C)c(C#N)c1=O. The molecule has 0 bridgehead atoms. The number of hydrogen-bond acceptors (Lipinski definition) is 6. The number of amides is 1. The van der Waals surface area contributed by atoms with Crippen LogP contribution in [0.3, 0.4) is 0 Å². The molecule has 3 heterocycles. The van der Waals surface area contributed by atoms with Crippen molar-refractivity contribution in [2.24, 2.45) is 5.92 Å². The maximum absolute atomic E-state index is 13.6. The maximum atomic E-state index is 13.6. The van der Waals surface area contributed by atoms with E-state index in [1.807, 2.05) is 57.2 Å². The monoisotopic (exact) mass is 582 g/mol. The summed E-state index contributed by atoms with van der Waals surface area (Å²) in [4.78, 5) is 31.4. The first kappa shape index (κ1) is 28.8. The van der Waals surface area contributed by atoms with Gasteiger partial charge in [0.1, 0.15) is 21.8 Å². The molecule has 2 saturated heterocycles. The summed E-state index contributed by atoms with van der Waals surface area (Å²) in [5, 5.41) is 9.90. The molecule has 2 aromatic carbocycles. The number of rotatable bonds is 7. The van der Waals surface area contributed by atoms with Crippen LogP contribution in [0.15, 0.2) is 64.3 Å². The van der Waals surface area contributed by atoms with Crippen molar-refractivity contribution in [3.8, 4) is 6.07 Å². The minimum atomic E-state index is -0.280. The summed E-state index contributed by atoms with van der Waals surface area (Å²) in [6.07, 6.45) is 4.90. The molecular weight excluding hydrogens is 549 g/mol. The number of pyridine rings is 1. The predicted molar refractivity (Wildman–Crippen MR) is 171 cm³/mol. The largest absolute Gasteiger partial charge is 0.357 e. The second kappa shape index (κ2) is 12.5. The molecule has 0 radical (unpaired) electrons. The van der Waals surface area contributed by atoms with Crippen LogP contribution < -0.4 is 10.5 Å². The smallest absolute Gasteiger partial charge is 0.270 e. The Hall–Kier alpha value is -3.67. The number of aryl methyl sites for hydroxylation is 1. The van der Waals surface area contributed by atoms with E-state index in [-0.39, 0.29) is 17.0 Å². The van der Waals surface area contributed by atoms with Crippen LogP contribution in [-0.4, -0.2) is 32.8 Å². The molecule has 2 fully saturated rings. The Balaban J connectivity index is 1.47. The van der Waals surface area contributed by atoms with Gasteiger partial charge in [0.15, 0.2) is 0 Å². The Kier molecular flexibility index (Phi) is 8.77. The Bertz CT molecular complexity index is 1600. The van der Waals surface area contributed by atoms with E-state index >= 15 is 0 Å². The highest BCUT2D eigenvalue weighted by Gasteiger charge is 2.34. The number of anilines is 1. The highest BCUT2D eigenvalue weighted by atomic mass is 32.2. The van der Waals surface area contributed by atoms with Crippen LogP contribution in [0.1, 0.15) is 53.1 Å². The van der Waals surface area contributed by atoms with E-state index in [9.17, 15) is 14.9 Å². The zero-order valence-corrected chi connectivity index (χ0v) is 25.4. The van der Waals surface area contributed by atoms with Crippen LogP contribution in [0, 0.1) is 31.1 Å². The normalized spacial score (nSPS) is 17.0. The number of hydrogen-bond donors (Lipinski definition) is 0. The van der Waals surface area contributed by atoms with Crippen molar-refractivity contribution in [1.82, 2.24) is 9.47 Å². The van der Waals surface area contributed by atoms with Gasteiger partial charge < -0.3 is 4.90 Å². The van der Waals surface area contributed by atoms with Crippen molar-refractivity contribution in [3.63, 3.8) is 0 Å². The summed E-state index contributed by atoms with van der Waals surface area (Å²) < 4.78 is 2.20. The van der Waals surface area contributed by atoms with Gasteiger partial charge in [-0.3, -0.25) is 19.1 Å². The third-order valence-corrected chi connectivity index (χ3v) is 9.43. The minimum absolute atomic E-state index is 0.121. The zero-order chi connectivity index (χ0) is 29.1. The first-order chi connectivity index (χ1) is 19.8. The molecule has 2 aliphatic heterocycles. The Morgan fingerprint density at radius 3 is 2.34 bits per heavy atom. The van der Waals surface area contributed by atoms with Gasteiger partial charge in [-0.25, -0.2) is 0 Å². The second-order valence-corrected chi connectivity index (χ2v) is 12.4. The van der Waals surface area contributed by atoms with E-state index < -0.39 is 0 Å². The van der Waals surface area contributed by atoms with Crippen molar-refractivity contribution in [2.75, 3.05) is 18.0 Å². The number of nitrogens with zero attached hydrogens (tertiary/aromatic N) is 4. The third-order valence-electron chi connectivity index (χ3n) is 8.05. The van der Waals surface area contributed by atoms with Crippen LogP contribution in [0.25, 0.3) is 6.08 Å². The van der Waals surface area contributed by atoms with E-state index in [1.54, 1.807) is 9.47 Å². The lowest BCUT2D eigenvalue weighted by molar-refractivity contribution is -0.122. The summed E-state index contributed by atoms with van der Waals surface area (Å²) >= 11 is 6.90. The van der Waals surface area contributed by atoms with Gasteiger partial charge in [-0.05, 0) is 68.7 Å². The number of benzene rings is 2. The van der Waals surface area contributed by atoms with Gasteiger partial charge >= 0.3 is 0 Å². The Labute approximate surface area is 251 Å². The Morgan fingerprint density at radius 1 is 1.02 bits per heavy atom. The molecule has 3 aromatic rings. The number of piperidine rings is 1. The summed E-state index contributed by atoms with van der Waals surface area (Å²) in [5.41, 5.74) is 4.71. The summed E-state index contributed by atoms with van der Waals surface area (Å²) in [5.74, 6) is 1.20. The van der Waals surface area contributed by atoms with E-state index in [2.05, 4.69) is 35.2 Å². The highest BCUT2D eigenvalue weighted by Crippen LogP contribution is 2.37. The lowest BCUT2D eigenvalue weighted by atomic mass is 9.90. The molecule has 1 aromatic heterocycles. The first-order valence-corrected chi connectivity index (χ1v) is 15.3. The highest BCUT2D eigenvalue weighted by molar-refractivity contribution is 8.26. The minimum Gasteiger partial charge on any atom is -0.357 e. The standard InChI is InChI=1S/C33H34N4O2S2/c1-4-36-30(35-16-14-25(15-17-35)18-24-8-6-5-7-9-24)27(23(3)28(20-34)31(36)38)19-29-32(39)37(33(40)41-29)21-26-12-10-22(2)11-13-26/h5-13,19,25H,4,14-18,21H2,1-3H3/b29-19+. The van der Waals surface area contributed by atoms with Crippen molar-refractivity contribution in [3.05, 3.63) is 103 Å². The molecule has 1 amide bonds. The van der Waals surface area contributed by atoms with E-state index in [0.29, 0.717) is 33.8 Å². The lowest BCUT2D eigenvalue weighted by Crippen LogP contribution is -2.39. The van der Waals surface area contributed by atoms with Gasteiger partial charge in [-0.15, -0.1) is 0 Å². The predicted octanol–water partition coefficient (Wildman–Crippen LogP) is 6.22. The van der Waals surface area contributed by atoms with Crippen LogP contribution in [0.5, 0.6) is 0 Å². The molecule has 0 unspecified atom stereocenters. The Morgan fingerprint density at radius 2 is 1.71 bits per heavy atom. The van der Waals surface area contributed by atoms with Crippen LogP contribution in [0.2, 0.25) is 0 Å². The molecule has 41 heavy (non-hydrogen) atoms. The molecular formula is C33H34N4O2S2. The van der Waals surface area contributed by atoms with Gasteiger partial charge in [-0.1, -0.05) is 84.1 Å². The van der Waals surface area contributed by atoms with Crippen molar-refractivity contribution < 1.29 is 4.79 Å². The van der Waals surface area contributed by atoms with Crippen molar-refractivity contribution in [1.29, 1.82) is 5.26 Å². The van der Waals surface area contributed by atoms with E-state index in [1.165, 1.54) is 17.3 Å². The number of thiocarbonyl (C=S) groups is 1. The number of carbonyl (C=O) groups excluding carboxylic acids is 1. The molecule has 0 atom stereocenters. The summed E-state index contributed by atoms with van der Waals surface area (Å²) in [7, 11) is 0. The molecule has 8 heteroatoms. The van der Waals surface area contributed by atoms with Gasteiger partial charge in [0.05, 0.1) is 11.4 Å². The molecule has 0 N–H and O–H groups in total. The van der Waals surface area contributed by atoms with Crippen LogP contribution >= 0.6 is 24.0 Å². The second-order valence-electron chi connectivity index (χ2n) is 10.8. The number of thioether (sulfide) groups is 1. The molecule has 210 valence electrons. The summed E-state index contributed by atoms with van der Waals surface area (Å²) in [6, 6.07) is 20.8. The number of nitriles is 1. The zero-order valence-electron chi connectivity index (χ0n) is 23.7. The number of aromatic nitrogens is 1. The fourth-order valence-electron chi connectivity index (χ4n) is 5.72. The molecule has 0 saturated carbocycles. The third kappa shape index (κ3) is 6.02. The average molecular weight is 583 g/mol. The van der Waals surface area contributed by atoms with E-state index in [0.717, 1.165) is 54.9 Å². The molecule has 6 nitrogen and oxygen atoms in total. The quantitative estimate of drug-likeness (QED) is 0.244. The van der Waals surface area contributed by atoms with Crippen molar-refractivity contribution >= 4 is 46.1 Å². The van der Waals surface area contributed by atoms with Gasteiger partial charge in [0.2, 0.25) is 0 Å². The average Bonchev–Trinajstić information content (AvgIpc) is 3.24. The summed E-state index contributed by atoms with van der Waals surface area (Å²) in [6.45, 7) is 8.21. The van der Waals surface area contributed by atoms with Gasteiger partial charge in [0.25, 0.3) is 11.5 Å². The lowest BCUT2D eigenvalue weighted by Gasteiger charge is -2.36. The van der Waals surface area contributed by atoms with E-state index in [4.69, 9.17) is 12.2 Å². The molecule has 0 aliphatic carbocycles.